The number of sulfone groups is 1. The Kier molecular flexibility index (Phi) is 5.73. The summed E-state index contributed by atoms with van der Waals surface area (Å²) in [6, 6.07) is 8.74. The third-order valence-corrected chi connectivity index (χ3v) is 5.69. The Labute approximate surface area is 136 Å². The van der Waals surface area contributed by atoms with Crippen molar-refractivity contribution in [3.63, 3.8) is 0 Å². The lowest BCUT2D eigenvalue weighted by molar-refractivity contribution is -0.894. The predicted molar refractivity (Wildman–Crippen MR) is 85.6 cm³/mol. The van der Waals surface area contributed by atoms with Gasteiger partial charge in [0.05, 0.1) is 12.8 Å². The third-order valence-electron chi connectivity index (χ3n) is 3.92. The topological polar surface area (TPSA) is 96.8 Å². The molecule has 2 rings (SSSR count). The number of hydrogen-bond donors (Lipinski definition) is 3. The molecule has 1 aromatic rings. The number of benzene rings is 1. The van der Waals surface area contributed by atoms with E-state index in [-0.39, 0.29) is 24.1 Å². The van der Waals surface area contributed by atoms with E-state index in [0.717, 1.165) is 10.5 Å². The lowest BCUT2D eigenvalue weighted by Crippen LogP contribution is -3.14. The maximum Gasteiger partial charge on any atom is 0.321 e. The minimum Gasteiger partial charge on any atom is -0.334 e. The van der Waals surface area contributed by atoms with Gasteiger partial charge in [-0.15, -0.1) is 0 Å². The van der Waals surface area contributed by atoms with Gasteiger partial charge in [-0.1, -0.05) is 30.3 Å². The first-order chi connectivity index (χ1) is 10.9. The molecule has 1 saturated heterocycles. The molecule has 1 aliphatic rings. The Bertz CT molecular complexity index is 661. The molecule has 0 radical (unpaired) electrons. The van der Waals surface area contributed by atoms with Crippen LogP contribution in [0.15, 0.2) is 30.3 Å². The van der Waals surface area contributed by atoms with Gasteiger partial charge in [0.15, 0.2) is 16.4 Å². The lowest BCUT2D eigenvalue weighted by Gasteiger charge is -2.19. The molecule has 23 heavy (non-hydrogen) atoms. The number of carbonyl (C=O) groups is 2. The van der Waals surface area contributed by atoms with Crippen molar-refractivity contribution in [1.29, 1.82) is 0 Å². The summed E-state index contributed by atoms with van der Waals surface area (Å²) in [4.78, 5) is 24.3. The number of rotatable bonds is 5. The van der Waals surface area contributed by atoms with Crippen LogP contribution in [0, 0.1) is 0 Å². The van der Waals surface area contributed by atoms with Crippen molar-refractivity contribution in [2.75, 3.05) is 25.1 Å². The number of quaternary nitrogens is 1. The lowest BCUT2D eigenvalue weighted by atomic mass is 10.2. The fourth-order valence-electron chi connectivity index (χ4n) is 2.57. The average Bonchev–Trinajstić information content (AvgIpc) is 2.86. The molecule has 1 fully saturated rings. The van der Waals surface area contributed by atoms with E-state index in [4.69, 9.17) is 0 Å². The first-order valence-electron chi connectivity index (χ1n) is 7.50. The third kappa shape index (κ3) is 5.65. The number of carbonyl (C=O) groups excluding carboxylic acids is 2. The molecule has 0 saturated carbocycles. The quantitative estimate of drug-likeness (QED) is 0.622. The number of nitrogens with one attached hydrogen (secondary N) is 3. The maximum atomic E-state index is 11.9. The molecule has 1 aliphatic heterocycles. The van der Waals surface area contributed by atoms with Crippen LogP contribution in [0.3, 0.4) is 0 Å². The fourth-order valence-corrected chi connectivity index (χ4v) is 4.45. The summed E-state index contributed by atoms with van der Waals surface area (Å²) >= 11 is 0. The van der Waals surface area contributed by atoms with Gasteiger partial charge in [0.2, 0.25) is 0 Å². The molecule has 0 bridgehead atoms. The zero-order chi connectivity index (χ0) is 16.9. The molecular formula is C15H22N3O4S+. The van der Waals surface area contributed by atoms with Crippen molar-refractivity contribution in [1.82, 2.24) is 10.6 Å². The van der Waals surface area contributed by atoms with Crippen LogP contribution in [0.1, 0.15) is 12.0 Å². The SMILES string of the molecule is C[NH+](CC(=O)NC(=O)NCc1ccccc1)[C@H]1CCS(=O)(=O)C1. The fraction of sp³-hybridized carbons (Fsp3) is 0.467. The van der Waals surface area contributed by atoms with Crippen molar-refractivity contribution in [3.8, 4) is 0 Å². The molecule has 1 heterocycles. The summed E-state index contributed by atoms with van der Waals surface area (Å²) in [6.07, 6.45) is 0.557. The second-order valence-corrected chi connectivity index (χ2v) is 8.07. The van der Waals surface area contributed by atoms with E-state index in [2.05, 4.69) is 10.6 Å². The van der Waals surface area contributed by atoms with Gasteiger partial charge in [-0.05, 0) is 5.56 Å². The minimum atomic E-state index is -2.97. The molecular weight excluding hydrogens is 318 g/mol. The molecule has 2 atom stereocenters. The molecule has 8 heteroatoms. The van der Waals surface area contributed by atoms with Gasteiger partial charge in [-0.25, -0.2) is 13.2 Å². The van der Waals surface area contributed by atoms with Gasteiger partial charge in [0, 0.05) is 13.0 Å². The second-order valence-electron chi connectivity index (χ2n) is 5.84. The molecule has 7 nitrogen and oxygen atoms in total. The van der Waals surface area contributed by atoms with Crippen LogP contribution in [0.25, 0.3) is 0 Å². The van der Waals surface area contributed by atoms with Crippen LogP contribution in [-0.2, 0) is 21.2 Å². The van der Waals surface area contributed by atoms with Crippen molar-refractivity contribution in [3.05, 3.63) is 35.9 Å². The normalized spacial score (nSPS) is 20.7. The van der Waals surface area contributed by atoms with E-state index in [9.17, 15) is 18.0 Å². The van der Waals surface area contributed by atoms with E-state index in [1.165, 1.54) is 0 Å². The van der Waals surface area contributed by atoms with Gasteiger partial charge in [-0.2, -0.15) is 0 Å². The van der Waals surface area contributed by atoms with Crippen molar-refractivity contribution >= 4 is 21.8 Å². The van der Waals surface area contributed by atoms with E-state index < -0.39 is 21.8 Å². The highest BCUT2D eigenvalue weighted by Crippen LogP contribution is 2.08. The van der Waals surface area contributed by atoms with Crippen molar-refractivity contribution in [2.24, 2.45) is 0 Å². The molecule has 3 amide bonds. The van der Waals surface area contributed by atoms with Crippen LogP contribution < -0.4 is 15.5 Å². The van der Waals surface area contributed by atoms with Crippen LogP contribution in [-0.4, -0.2) is 51.5 Å². The Morgan fingerprint density at radius 2 is 1.96 bits per heavy atom. The van der Waals surface area contributed by atoms with Crippen LogP contribution in [0.2, 0.25) is 0 Å². The standard InChI is InChI=1S/C15H21N3O4S/c1-18(13-7-8-23(21,22)11-13)10-14(19)17-15(20)16-9-12-5-3-2-4-6-12/h2-6,13H,7-11H2,1H3,(H2,16,17,19,20)/p+1/t13-/m0/s1. The van der Waals surface area contributed by atoms with E-state index in [0.29, 0.717) is 13.0 Å². The van der Waals surface area contributed by atoms with Gasteiger partial charge < -0.3 is 10.2 Å². The highest BCUT2D eigenvalue weighted by Gasteiger charge is 2.34. The number of urea groups is 1. The van der Waals surface area contributed by atoms with Gasteiger partial charge in [-0.3, -0.25) is 10.1 Å². The maximum absolute atomic E-state index is 11.9. The summed E-state index contributed by atoms with van der Waals surface area (Å²) in [6.45, 7) is 0.405. The Hall–Kier alpha value is -1.93. The highest BCUT2D eigenvalue weighted by molar-refractivity contribution is 7.91. The van der Waals surface area contributed by atoms with Gasteiger partial charge in [0.1, 0.15) is 11.8 Å². The molecule has 0 aromatic heterocycles. The first kappa shape index (κ1) is 17.4. The second kappa shape index (κ2) is 7.56. The number of hydrogen-bond acceptors (Lipinski definition) is 4. The van der Waals surface area contributed by atoms with Crippen molar-refractivity contribution in [2.45, 2.75) is 19.0 Å². The molecule has 1 aromatic carbocycles. The summed E-state index contributed by atoms with van der Waals surface area (Å²) < 4.78 is 22.9. The first-order valence-corrected chi connectivity index (χ1v) is 9.32. The molecule has 1 unspecified atom stereocenters. The molecule has 3 N–H and O–H groups in total. The minimum absolute atomic E-state index is 0.0684. The zero-order valence-electron chi connectivity index (χ0n) is 13.0. The summed E-state index contributed by atoms with van der Waals surface area (Å²) in [5.41, 5.74) is 0.939. The monoisotopic (exact) mass is 340 g/mol. The van der Waals surface area contributed by atoms with Crippen LogP contribution in [0.4, 0.5) is 4.79 Å². The van der Waals surface area contributed by atoms with Crippen LogP contribution >= 0.6 is 0 Å². The zero-order valence-corrected chi connectivity index (χ0v) is 13.9. The van der Waals surface area contributed by atoms with Gasteiger partial charge in [0.25, 0.3) is 5.91 Å². The van der Waals surface area contributed by atoms with Gasteiger partial charge >= 0.3 is 6.03 Å². The molecule has 0 aliphatic carbocycles. The van der Waals surface area contributed by atoms with E-state index in [1.807, 2.05) is 30.3 Å². The predicted octanol–water partition coefficient (Wildman–Crippen LogP) is -1.29. The summed E-state index contributed by atoms with van der Waals surface area (Å²) in [5, 5.41) is 4.88. The average molecular weight is 340 g/mol. The number of imide groups is 1. The van der Waals surface area contributed by atoms with Crippen molar-refractivity contribution < 1.29 is 22.9 Å². The number of amides is 3. The Balaban J connectivity index is 1.72. The summed E-state index contributed by atoms with van der Waals surface area (Å²) in [7, 11) is -1.20. The highest BCUT2D eigenvalue weighted by atomic mass is 32.2. The Morgan fingerprint density at radius 1 is 1.26 bits per heavy atom. The van der Waals surface area contributed by atoms with E-state index >= 15 is 0 Å². The molecule has 0 spiro atoms. The van der Waals surface area contributed by atoms with Crippen LogP contribution in [0.5, 0.6) is 0 Å². The number of likely N-dealkylation sites (N-methyl/N-ethyl adjacent to an activating group) is 1. The van der Waals surface area contributed by atoms with E-state index in [1.54, 1.807) is 7.05 Å². The molecule has 126 valence electrons. The largest absolute Gasteiger partial charge is 0.334 e. The summed E-state index contributed by atoms with van der Waals surface area (Å²) in [5.74, 6) is -0.141. The Morgan fingerprint density at radius 3 is 2.57 bits per heavy atom. The smallest absolute Gasteiger partial charge is 0.321 e.